The zero-order valence-electron chi connectivity index (χ0n) is 9.49. The summed E-state index contributed by atoms with van der Waals surface area (Å²) < 4.78 is 5.71. The second-order valence-corrected chi connectivity index (χ2v) is 5.72. The average molecular weight is 223 g/mol. The van der Waals surface area contributed by atoms with E-state index in [0.29, 0.717) is 6.42 Å². The predicted octanol–water partition coefficient (Wildman–Crippen LogP) is 0.779. The lowest BCUT2D eigenvalue weighted by Gasteiger charge is -2.44. The highest BCUT2D eigenvalue weighted by molar-refractivity contribution is 6.05. The Kier molecular flexibility index (Phi) is 1.83. The van der Waals surface area contributed by atoms with Crippen LogP contribution in [0.15, 0.2) is 0 Å². The Hall–Kier alpha value is -0.900. The van der Waals surface area contributed by atoms with Gasteiger partial charge in [-0.05, 0) is 19.3 Å². The molecule has 1 spiro atoms. The van der Waals surface area contributed by atoms with Gasteiger partial charge in [0, 0.05) is 5.41 Å². The fourth-order valence-electron chi connectivity index (χ4n) is 3.78. The van der Waals surface area contributed by atoms with E-state index in [-0.39, 0.29) is 22.9 Å². The first-order chi connectivity index (χ1) is 7.50. The molecule has 0 bridgehead atoms. The maximum absolute atomic E-state index is 12.0. The van der Waals surface area contributed by atoms with Gasteiger partial charge in [-0.1, -0.05) is 19.8 Å². The van der Waals surface area contributed by atoms with E-state index < -0.39 is 11.8 Å². The van der Waals surface area contributed by atoms with Crippen molar-refractivity contribution in [3.8, 4) is 0 Å². The number of amides is 1. The molecule has 0 aromatic carbocycles. The quantitative estimate of drug-likeness (QED) is 0.527. The number of primary amides is 1. The lowest BCUT2D eigenvalue weighted by molar-refractivity contribution is -0.136. The molecule has 16 heavy (non-hydrogen) atoms. The van der Waals surface area contributed by atoms with Crippen LogP contribution in [0, 0.1) is 11.3 Å². The molecule has 3 unspecified atom stereocenters. The summed E-state index contributed by atoms with van der Waals surface area (Å²) in [7, 11) is 0. The molecule has 2 aliphatic carbocycles. The SMILES string of the molecule is C[C@]12CCCCC13OC3C(=O)C(C(N)=O)C2. The predicted molar refractivity (Wildman–Crippen MR) is 56.5 cm³/mol. The molecule has 1 amide bonds. The maximum Gasteiger partial charge on any atom is 0.228 e. The monoisotopic (exact) mass is 223 g/mol. The molecule has 3 aliphatic rings. The molecule has 2 saturated carbocycles. The summed E-state index contributed by atoms with van der Waals surface area (Å²) in [5, 5.41) is 0. The zero-order chi connectivity index (χ0) is 11.6. The Bertz CT molecular complexity index is 380. The Morgan fingerprint density at radius 1 is 1.44 bits per heavy atom. The molecule has 2 N–H and O–H groups in total. The number of carbonyl (C=O) groups is 2. The molecule has 1 saturated heterocycles. The molecule has 0 aromatic heterocycles. The zero-order valence-corrected chi connectivity index (χ0v) is 9.49. The molecule has 1 aliphatic heterocycles. The van der Waals surface area contributed by atoms with Gasteiger partial charge in [-0.25, -0.2) is 0 Å². The van der Waals surface area contributed by atoms with Crippen LogP contribution in [0.5, 0.6) is 0 Å². The van der Waals surface area contributed by atoms with Crippen molar-refractivity contribution in [1.29, 1.82) is 0 Å². The van der Waals surface area contributed by atoms with Crippen molar-refractivity contribution in [1.82, 2.24) is 0 Å². The minimum atomic E-state index is -0.622. The topological polar surface area (TPSA) is 72.7 Å². The molecular weight excluding hydrogens is 206 g/mol. The van der Waals surface area contributed by atoms with E-state index in [1.54, 1.807) is 0 Å². The highest BCUT2D eigenvalue weighted by Gasteiger charge is 2.74. The van der Waals surface area contributed by atoms with Crippen LogP contribution in [0.4, 0.5) is 0 Å². The van der Waals surface area contributed by atoms with Crippen molar-refractivity contribution >= 4 is 11.7 Å². The summed E-state index contributed by atoms with van der Waals surface area (Å²) >= 11 is 0. The van der Waals surface area contributed by atoms with E-state index in [1.165, 1.54) is 0 Å². The van der Waals surface area contributed by atoms with Crippen LogP contribution < -0.4 is 5.73 Å². The molecule has 0 aromatic rings. The number of rotatable bonds is 1. The van der Waals surface area contributed by atoms with Crippen LogP contribution in [0.25, 0.3) is 0 Å². The molecule has 88 valence electrons. The summed E-state index contributed by atoms with van der Waals surface area (Å²) in [6, 6.07) is 0. The van der Waals surface area contributed by atoms with Crippen molar-refractivity contribution in [2.24, 2.45) is 17.1 Å². The highest BCUT2D eigenvalue weighted by atomic mass is 16.6. The fraction of sp³-hybridized carbons (Fsp3) is 0.833. The number of epoxide rings is 1. The number of hydrogen-bond acceptors (Lipinski definition) is 3. The van der Waals surface area contributed by atoms with Gasteiger partial charge in [-0.15, -0.1) is 0 Å². The summed E-state index contributed by atoms with van der Waals surface area (Å²) in [5.74, 6) is -1.18. The van der Waals surface area contributed by atoms with E-state index in [4.69, 9.17) is 10.5 Å². The number of ketones is 1. The molecule has 4 atom stereocenters. The summed E-state index contributed by atoms with van der Waals surface area (Å²) in [4.78, 5) is 23.3. The van der Waals surface area contributed by atoms with E-state index in [2.05, 4.69) is 6.92 Å². The van der Waals surface area contributed by atoms with Crippen molar-refractivity contribution in [2.45, 2.75) is 50.7 Å². The number of carbonyl (C=O) groups excluding carboxylic acids is 2. The van der Waals surface area contributed by atoms with Gasteiger partial charge in [0.2, 0.25) is 5.91 Å². The van der Waals surface area contributed by atoms with E-state index in [0.717, 1.165) is 25.7 Å². The summed E-state index contributed by atoms with van der Waals surface area (Å²) in [6.45, 7) is 2.15. The second kappa shape index (κ2) is 2.86. The first kappa shape index (κ1) is 10.3. The van der Waals surface area contributed by atoms with Gasteiger partial charge >= 0.3 is 0 Å². The van der Waals surface area contributed by atoms with Crippen molar-refractivity contribution in [3.05, 3.63) is 0 Å². The van der Waals surface area contributed by atoms with Crippen LogP contribution in [0.2, 0.25) is 0 Å². The number of Topliss-reactive ketones (excluding diaryl/α,β-unsaturated/α-hetero) is 1. The van der Waals surface area contributed by atoms with E-state index >= 15 is 0 Å². The summed E-state index contributed by atoms with van der Waals surface area (Å²) in [5.41, 5.74) is 5.04. The third-order valence-corrected chi connectivity index (χ3v) is 4.84. The van der Waals surface area contributed by atoms with Crippen molar-refractivity contribution < 1.29 is 14.3 Å². The lowest BCUT2D eigenvalue weighted by Crippen LogP contribution is -2.52. The molecule has 3 rings (SSSR count). The van der Waals surface area contributed by atoms with E-state index in [1.807, 2.05) is 0 Å². The van der Waals surface area contributed by atoms with Crippen LogP contribution >= 0.6 is 0 Å². The first-order valence-corrected chi connectivity index (χ1v) is 6.01. The molecule has 3 fully saturated rings. The Balaban J connectivity index is 1.96. The smallest absolute Gasteiger partial charge is 0.228 e. The van der Waals surface area contributed by atoms with Gasteiger partial charge in [0.15, 0.2) is 5.78 Å². The molecule has 4 nitrogen and oxygen atoms in total. The standard InChI is InChI=1S/C12H17NO3/c1-11-4-2-3-5-12(11)9(16-12)8(14)7(6-11)10(13)15/h7,9H,2-6H2,1H3,(H2,13,15)/t7?,9?,11-,12?/m1/s1. The molecule has 0 radical (unpaired) electrons. The van der Waals surface area contributed by atoms with E-state index in [9.17, 15) is 9.59 Å². The normalized spacial score (nSPS) is 50.4. The Morgan fingerprint density at radius 2 is 2.12 bits per heavy atom. The highest BCUT2D eigenvalue weighted by Crippen LogP contribution is 2.64. The van der Waals surface area contributed by atoms with Crippen molar-refractivity contribution in [3.63, 3.8) is 0 Å². The average Bonchev–Trinajstić information content (AvgIpc) is 2.95. The second-order valence-electron chi connectivity index (χ2n) is 5.72. The van der Waals surface area contributed by atoms with Crippen LogP contribution in [-0.2, 0) is 14.3 Å². The first-order valence-electron chi connectivity index (χ1n) is 6.01. The minimum absolute atomic E-state index is 0.0243. The number of hydrogen-bond donors (Lipinski definition) is 1. The van der Waals surface area contributed by atoms with Crippen LogP contribution in [-0.4, -0.2) is 23.4 Å². The van der Waals surface area contributed by atoms with Gasteiger partial charge in [0.25, 0.3) is 0 Å². The van der Waals surface area contributed by atoms with Gasteiger partial charge in [0.1, 0.15) is 11.7 Å². The molecular formula is C12H17NO3. The largest absolute Gasteiger partial charge is 0.369 e. The van der Waals surface area contributed by atoms with Crippen molar-refractivity contribution in [2.75, 3.05) is 0 Å². The Labute approximate surface area is 94.5 Å². The summed E-state index contributed by atoms with van der Waals surface area (Å²) in [6.07, 6.45) is 4.53. The Morgan fingerprint density at radius 3 is 2.81 bits per heavy atom. The van der Waals surface area contributed by atoms with Crippen LogP contribution in [0.3, 0.4) is 0 Å². The van der Waals surface area contributed by atoms with Gasteiger partial charge in [-0.3, -0.25) is 9.59 Å². The maximum atomic E-state index is 12.0. The van der Waals surface area contributed by atoms with Crippen LogP contribution in [0.1, 0.15) is 39.0 Å². The number of ether oxygens (including phenoxy) is 1. The number of nitrogens with two attached hydrogens (primary N) is 1. The fourth-order valence-corrected chi connectivity index (χ4v) is 3.78. The lowest BCUT2D eigenvalue weighted by atomic mass is 9.57. The third-order valence-electron chi connectivity index (χ3n) is 4.84. The van der Waals surface area contributed by atoms with Gasteiger partial charge < -0.3 is 10.5 Å². The molecule has 4 heteroatoms. The van der Waals surface area contributed by atoms with Gasteiger partial charge in [0.05, 0.1) is 5.92 Å². The molecule has 1 heterocycles. The third kappa shape index (κ3) is 1.03. The van der Waals surface area contributed by atoms with Gasteiger partial charge in [-0.2, -0.15) is 0 Å². The minimum Gasteiger partial charge on any atom is -0.369 e.